The maximum Gasteiger partial charge on any atom is 0.191 e. The van der Waals surface area contributed by atoms with Crippen molar-refractivity contribution in [3.63, 3.8) is 0 Å². The van der Waals surface area contributed by atoms with E-state index >= 15 is 0 Å². The van der Waals surface area contributed by atoms with Crippen molar-refractivity contribution < 1.29 is 14.6 Å². The summed E-state index contributed by atoms with van der Waals surface area (Å²) in [6.07, 6.45) is 1.07. The van der Waals surface area contributed by atoms with Crippen molar-refractivity contribution in [1.82, 2.24) is 14.8 Å². The molecule has 3 rings (SSSR count). The normalized spacial score (nSPS) is 11.5. The predicted octanol–water partition coefficient (Wildman–Crippen LogP) is 3.54. The van der Waals surface area contributed by atoms with Crippen LogP contribution in [-0.2, 0) is 6.54 Å². The Morgan fingerprint density at radius 3 is 2.70 bits per heavy atom. The fourth-order valence-electron chi connectivity index (χ4n) is 2.75. The van der Waals surface area contributed by atoms with Crippen molar-refractivity contribution in [1.29, 1.82) is 5.26 Å². The molecule has 1 atom stereocenters. The van der Waals surface area contributed by atoms with E-state index in [4.69, 9.17) is 14.7 Å². The topological polar surface area (TPSA) is 93.2 Å². The number of hydrogen-bond acceptors (Lipinski definition) is 7. The number of hydrogen-bond donors (Lipinski definition) is 1. The summed E-state index contributed by atoms with van der Waals surface area (Å²) in [5.41, 5.74) is 1.40. The van der Waals surface area contributed by atoms with Gasteiger partial charge in [-0.2, -0.15) is 5.26 Å². The van der Waals surface area contributed by atoms with Gasteiger partial charge in [-0.1, -0.05) is 30.0 Å². The molecule has 2 aromatic carbocycles. The van der Waals surface area contributed by atoms with E-state index in [2.05, 4.69) is 22.8 Å². The second-order valence-electron chi connectivity index (χ2n) is 6.32. The molecule has 1 unspecified atom stereocenters. The minimum absolute atomic E-state index is 0.133. The van der Waals surface area contributed by atoms with Crippen LogP contribution in [0.4, 0.5) is 0 Å². The molecule has 1 aromatic heterocycles. The number of benzene rings is 2. The zero-order valence-corrected chi connectivity index (χ0v) is 17.4. The van der Waals surface area contributed by atoms with E-state index in [1.54, 1.807) is 37.5 Å². The minimum Gasteiger partial charge on any atom is -0.496 e. The van der Waals surface area contributed by atoms with Crippen molar-refractivity contribution in [2.45, 2.75) is 17.8 Å². The first-order valence-electron chi connectivity index (χ1n) is 9.27. The van der Waals surface area contributed by atoms with Crippen LogP contribution in [0, 0.1) is 11.3 Å². The number of ether oxygens (including phenoxy) is 2. The van der Waals surface area contributed by atoms with Crippen LogP contribution in [0.2, 0.25) is 0 Å². The Morgan fingerprint density at radius 2 is 2.00 bits per heavy atom. The van der Waals surface area contributed by atoms with E-state index in [9.17, 15) is 5.11 Å². The Bertz CT molecular complexity index is 1030. The average Bonchev–Trinajstić information content (AvgIpc) is 3.19. The highest BCUT2D eigenvalue weighted by molar-refractivity contribution is 7.99. The van der Waals surface area contributed by atoms with Gasteiger partial charge in [-0.25, -0.2) is 0 Å². The first-order chi connectivity index (χ1) is 14.7. The summed E-state index contributed by atoms with van der Waals surface area (Å²) in [6.45, 7) is 4.48. The largest absolute Gasteiger partial charge is 0.496 e. The predicted molar refractivity (Wildman–Crippen MR) is 116 cm³/mol. The maximum atomic E-state index is 10.3. The smallest absolute Gasteiger partial charge is 0.191 e. The molecular weight excluding hydrogens is 400 g/mol. The highest BCUT2D eigenvalue weighted by atomic mass is 32.2. The number of para-hydroxylation sites is 1. The number of aromatic nitrogens is 3. The van der Waals surface area contributed by atoms with Gasteiger partial charge in [0.05, 0.1) is 30.4 Å². The summed E-state index contributed by atoms with van der Waals surface area (Å²) in [6, 6.07) is 16.4. The van der Waals surface area contributed by atoms with Gasteiger partial charge in [0.2, 0.25) is 0 Å². The molecular formula is C22H22N4O3S. The fourth-order valence-corrected chi connectivity index (χ4v) is 3.61. The van der Waals surface area contributed by atoms with E-state index in [-0.39, 0.29) is 6.61 Å². The zero-order valence-electron chi connectivity index (χ0n) is 16.6. The van der Waals surface area contributed by atoms with Crippen molar-refractivity contribution in [2.75, 3.05) is 19.5 Å². The van der Waals surface area contributed by atoms with Crippen molar-refractivity contribution in [2.24, 2.45) is 0 Å². The summed E-state index contributed by atoms with van der Waals surface area (Å²) in [5.74, 6) is 2.38. The van der Waals surface area contributed by atoms with Crippen molar-refractivity contribution in [3.05, 3.63) is 66.7 Å². The molecule has 0 saturated carbocycles. The minimum atomic E-state index is -0.700. The second kappa shape index (κ2) is 10.5. The van der Waals surface area contributed by atoms with Gasteiger partial charge in [0.1, 0.15) is 18.1 Å². The fraction of sp³-hybridized carbons (Fsp3) is 0.227. The molecule has 0 bridgehead atoms. The van der Waals surface area contributed by atoms with Crippen LogP contribution in [-0.4, -0.2) is 45.4 Å². The third kappa shape index (κ3) is 5.20. The number of aliphatic hydroxyl groups excluding tert-OH is 1. The van der Waals surface area contributed by atoms with E-state index in [0.717, 1.165) is 5.56 Å². The summed E-state index contributed by atoms with van der Waals surface area (Å²) in [5, 5.41) is 28.4. The Balaban J connectivity index is 1.65. The Hall–Kier alpha value is -3.28. The standard InChI is InChI=1S/C22H22N4O3S/c1-3-12-26-21(19-6-4-5-7-20(19)28-2)24-25-22(26)30-15-17(27)14-29-18-10-8-16(13-23)9-11-18/h3-11,17,27H,1,12,14-15H2,2H3. The summed E-state index contributed by atoms with van der Waals surface area (Å²) in [4.78, 5) is 0. The molecule has 3 aromatic rings. The van der Waals surface area contributed by atoms with Crippen LogP contribution in [0.3, 0.4) is 0 Å². The summed E-state index contributed by atoms with van der Waals surface area (Å²) < 4.78 is 13.0. The average molecular weight is 423 g/mol. The summed E-state index contributed by atoms with van der Waals surface area (Å²) >= 11 is 1.39. The molecule has 0 aliphatic carbocycles. The molecule has 0 aliphatic rings. The Kier molecular flexibility index (Phi) is 7.49. The molecule has 0 aliphatic heterocycles. The van der Waals surface area contributed by atoms with Gasteiger partial charge in [-0.15, -0.1) is 16.8 Å². The van der Waals surface area contributed by atoms with E-state index in [1.165, 1.54) is 11.8 Å². The van der Waals surface area contributed by atoms with Crippen LogP contribution < -0.4 is 9.47 Å². The number of rotatable bonds is 10. The molecule has 0 saturated heterocycles. The van der Waals surface area contributed by atoms with Gasteiger partial charge < -0.3 is 14.6 Å². The first kappa shape index (κ1) is 21.4. The molecule has 0 radical (unpaired) electrons. The number of thioether (sulfide) groups is 1. The highest BCUT2D eigenvalue weighted by Crippen LogP contribution is 2.31. The van der Waals surface area contributed by atoms with Crippen LogP contribution in [0.15, 0.2) is 66.3 Å². The summed E-state index contributed by atoms with van der Waals surface area (Å²) in [7, 11) is 1.62. The van der Waals surface area contributed by atoms with Crippen molar-refractivity contribution in [3.8, 4) is 29.0 Å². The van der Waals surface area contributed by atoms with Gasteiger partial charge in [-0.3, -0.25) is 4.57 Å². The van der Waals surface area contributed by atoms with Crippen molar-refractivity contribution >= 4 is 11.8 Å². The van der Waals surface area contributed by atoms with Crippen LogP contribution >= 0.6 is 11.8 Å². The van der Waals surface area contributed by atoms with E-state index < -0.39 is 6.10 Å². The third-order valence-electron chi connectivity index (χ3n) is 4.21. The van der Waals surface area contributed by atoms with Gasteiger partial charge in [0.15, 0.2) is 11.0 Å². The second-order valence-corrected chi connectivity index (χ2v) is 7.30. The molecule has 0 spiro atoms. The Morgan fingerprint density at radius 1 is 1.23 bits per heavy atom. The SMILES string of the molecule is C=CCn1c(SCC(O)COc2ccc(C#N)cc2)nnc1-c1ccccc1OC. The Labute approximate surface area is 179 Å². The molecule has 30 heavy (non-hydrogen) atoms. The zero-order chi connectivity index (χ0) is 21.3. The van der Waals surface area contributed by atoms with Gasteiger partial charge in [-0.05, 0) is 36.4 Å². The molecule has 0 fully saturated rings. The maximum absolute atomic E-state index is 10.3. The lowest BCUT2D eigenvalue weighted by Crippen LogP contribution is -2.20. The van der Waals surface area contributed by atoms with Crippen LogP contribution in [0.1, 0.15) is 5.56 Å². The molecule has 0 amide bonds. The third-order valence-corrected chi connectivity index (χ3v) is 5.32. The number of nitriles is 1. The molecule has 8 heteroatoms. The monoisotopic (exact) mass is 422 g/mol. The molecule has 7 nitrogen and oxygen atoms in total. The molecule has 1 heterocycles. The highest BCUT2D eigenvalue weighted by Gasteiger charge is 2.18. The number of nitrogens with zero attached hydrogens (tertiary/aromatic N) is 4. The van der Waals surface area contributed by atoms with Crippen LogP contribution in [0.25, 0.3) is 11.4 Å². The lowest BCUT2D eigenvalue weighted by molar-refractivity contribution is 0.126. The number of allylic oxidation sites excluding steroid dienone is 1. The van der Waals surface area contributed by atoms with Gasteiger partial charge >= 0.3 is 0 Å². The number of methoxy groups -OCH3 is 1. The van der Waals surface area contributed by atoms with E-state index in [0.29, 0.717) is 40.3 Å². The number of aliphatic hydroxyl groups is 1. The van der Waals surface area contributed by atoms with Gasteiger partial charge in [0, 0.05) is 12.3 Å². The quantitative estimate of drug-likeness (QED) is 0.394. The lowest BCUT2D eigenvalue weighted by Gasteiger charge is -2.13. The molecule has 154 valence electrons. The molecule has 1 N–H and O–H groups in total. The van der Waals surface area contributed by atoms with Gasteiger partial charge in [0.25, 0.3) is 0 Å². The van der Waals surface area contributed by atoms with Crippen LogP contribution in [0.5, 0.6) is 11.5 Å². The lowest BCUT2D eigenvalue weighted by atomic mass is 10.2. The first-order valence-corrected chi connectivity index (χ1v) is 10.3. The van der Waals surface area contributed by atoms with E-state index in [1.807, 2.05) is 28.8 Å².